The van der Waals surface area contributed by atoms with Crippen molar-refractivity contribution in [3.63, 3.8) is 0 Å². The number of aliphatic carboxylic acids is 1. The molecule has 118 valence electrons. The van der Waals surface area contributed by atoms with Crippen LogP contribution in [0.1, 0.15) is 40.5 Å². The lowest BCUT2D eigenvalue weighted by atomic mass is 10.0. The molecule has 0 aliphatic rings. The van der Waals surface area contributed by atoms with E-state index in [1.54, 1.807) is 0 Å². The molecule has 0 aromatic heterocycles. The highest BCUT2D eigenvalue weighted by atomic mass is 16.5. The van der Waals surface area contributed by atoms with E-state index in [2.05, 4.69) is 24.5 Å². The molecule has 0 fully saturated rings. The first kappa shape index (κ1) is 18.7. The van der Waals surface area contributed by atoms with Crippen LogP contribution < -0.4 is 10.6 Å². The summed E-state index contributed by atoms with van der Waals surface area (Å²) in [7, 11) is 0. The number of ether oxygens (including phenoxy) is 1. The summed E-state index contributed by atoms with van der Waals surface area (Å²) in [6, 6.07) is -1.28. The SMILES string of the molecule is CC(C)COCCCNC(=O)N[C@H](CC(C)C)C(=O)O. The maximum absolute atomic E-state index is 11.6. The van der Waals surface area contributed by atoms with Crippen molar-refractivity contribution < 1.29 is 19.4 Å². The molecule has 0 saturated carbocycles. The first-order valence-corrected chi connectivity index (χ1v) is 7.17. The third-order valence-electron chi connectivity index (χ3n) is 2.51. The van der Waals surface area contributed by atoms with E-state index in [9.17, 15) is 9.59 Å². The molecule has 0 heterocycles. The quantitative estimate of drug-likeness (QED) is 0.535. The summed E-state index contributed by atoms with van der Waals surface area (Å²) < 4.78 is 5.38. The standard InChI is InChI=1S/C14H28N2O4/c1-10(2)8-12(13(17)18)16-14(19)15-6-5-7-20-9-11(3)4/h10-12H,5-9H2,1-4H3,(H,17,18)(H2,15,16,19)/t12-/m1/s1. The second kappa shape index (κ2) is 10.5. The first-order chi connectivity index (χ1) is 9.32. The van der Waals surface area contributed by atoms with Gasteiger partial charge in [-0.15, -0.1) is 0 Å². The van der Waals surface area contributed by atoms with Gasteiger partial charge in [0.1, 0.15) is 6.04 Å². The van der Waals surface area contributed by atoms with Crippen molar-refractivity contribution in [3.8, 4) is 0 Å². The summed E-state index contributed by atoms with van der Waals surface area (Å²) in [5.41, 5.74) is 0. The van der Waals surface area contributed by atoms with Crippen molar-refractivity contribution >= 4 is 12.0 Å². The van der Waals surface area contributed by atoms with Crippen molar-refractivity contribution in [2.24, 2.45) is 11.8 Å². The van der Waals surface area contributed by atoms with E-state index in [0.717, 1.165) is 0 Å². The Labute approximate surface area is 121 Å². The fourth-order valence-corrected chi connectivity index (χ4v) is 1.60. The lowest BCUT2D eigenvalue weighted by Gasteiger charge is -2.17. The van der Waals surface area contributed by atoms with Crippen LogP contribution in [0.2, 0.25) is 0 Å². The number of carboxylic acids is 1. The zero-order valence-electron chi connectivity index (χ0n) is 12.9. The third-order valence-corrected chi connectivity index (χ3v) is 2.51. The Bertz CT molecular complexity index is 293. The van der Waals surface area contributed by atoms with Crippen molar-refractivity contribution in [1.29, 1.82) is 0 Å². The van der Waals surface area contributed by atoms with E-state index in [4.69, 9.17) is 9.84 Å². The van der Waals surface area contributed by atoms with Crippen LogP contribution >= 0.6 is 0 Å². The number of amides is 2. The van der Waals surface area contributed by atoms with Crippen LogP contribution in [0.4, 0.5) is 4.79 Å². The topological polar surface area (TPSA) is 87.7 Å². The number of carbonyl (C=O) groups is 2. The highest BCUT2D eigenvalue weighted by molar-refractivity contribution is 5.82. The molecule has 0 unspecified atom stereocenters. The molecule has 0 aliphatic carbocycles. The van der Waals surface area contributed by atoms with E-state index in [0.29, 0.717) is 38.5 Å². The molecular formula is C14H28N2O4. The molecule has 0 rings (SSSR count). The maximum atomic E-state index is 11.6. The second-order valence-corrected chi connectivity index (χ2v) is 5.74. The maximum Gasteiger partial charge on any atom is 0.326 e. The molecule has 0 spiro atoms. The molecule has 0 aliphatic heterocycles. The van der Waals surface area contributed by atoms with Crippen LogP contribution in [0.25, 0.3) is 0 Å². The lowest BCUT2D eigenvalue weighted by Crippen LogP contribution is -2.46. The normalized spacial score (nSPS) is 12.5. The van der Waals surface area contributed by atoms with Gasteiger partial charge >= 0.3 is 12.0 Å². The second-order valence-electron chi connectivity index (χ2n) is 5.74. The molecule has 20 heavy (non-hydrogen) atoms. The fourth-order valence-electron chi connectivity index (χ4n) is 1.60. The predicted molar refractivity (Wildman–Crippen MR) is 77.7 cm³/mol. The molecule has 6 nitrogen and oxygen atoms in total. The molecular weight excluding hydrogens is 260 g/mol. The van der Waals surface area contributed by atoms with Gasteiger partial charge < -0.3 is 20.5 Å². The number of rotatable bonds is 10. The van der Waals surface area contributed by atoms with Gasteiger partial charge in [-0.3, -0.25) is 0 Å². The first-order valence-electron chi connectivity index (χ1n) is 7.17. The number of hydrogen-bond acceptors (Lipinski definition) is 3. The molecule has 0 aromatic carbocycles. The Morgan fingerprint density at radius 3 is 2.30 bits per heavy atom. The van der Waals surface area contributed by atoms with Gasteiger partial charge in [0.05, 0.1) is 0 Å². The molecule has 0 saturated heterocycles. The lowest BCUT2D eigenvalue weighted by molar-refractivity contribution is -0.139. The van der Waals surface area contributed by atoms with Crippen LogP contribution in [0.5, 0.6) is 0 Å². The van der Waals surface area contributed by atoms with Gasteiger partial charge in [-0.1, -0.05) is 27.7 Å². The van der Waals surface area contributed by atoms with E-state index < -0.39 is 18.0 Å². The van der Waals surface area contributed by atoms with Gasteiger partial charge in [-0.25, -0.2) is 9.59 Å². The van der Waals surface area contributed by atoms with Crippen LogP contribution in [-0.2, 0) is 9.53 Å². The number of carbonyl (C=O) groups excluding carboxylic acids is 1. The number of hydrogen-bond donors (Lipinski definition) is 3. The number of nitrogens with one attached hydrogen (secondary N) is 2. The molecule has 0 bridgehead atoms. The largest absolute Gasteiger partial charge is 0.480 e. The van der Waals surface area contributed by atoms with Crippen LogP contribution in [0.3, 0.4) is 0 Å². The van der Waals surface area contributed by atoms with Gasteiger partial charge in [-0.2, -0.15) is 0 Å². The fraction of sp³-hybridized carbons (Fsp3) is 0.857. The summed E-state index contributed by atoms with van der Waals surface area (Å²) in [4.78, 5) is 22.5. The Balaban J connectivity index is 3.77. The minimum Gasteiger partial charge on any atom is -0.480 e. The van der Waals surface area contributed by atoms with E-state index >= 15 is 0 Å². The highest BCUT2D eigenvalue weighted by Gasteiger charge is 2.20. The molecule has 2 amide bonds. The molecule has 0 aromatic rings. The minimum atomic E-state index is -1.01. The summed E-state index contributed by atoms with van der Waals surface area (Å²) in [5.74, 6) is -0.298. The summed E-state index contributed by atoms with van der Waals surface area (Å²) in [6.45, 7) is 9.76. The van der Waals surface area contributed by atoms with Crippen molar-refractivity contribution in [2.45, 2.75) is 46.6 Å². The van der Waals surface area contributed by atoms with Gasteiger partial charge in [0.2, 0.25) is 0 Å². The minimum absolute atomic E-state index is 0.209. The third kappa shape index (κ3) is 10.6. The van der Waals surface area contributed by atoms with Crippen LogP contribution in [0, 0.1) is 11.8 Å². The van der Waals surface area contributed by atoms with Crippen LogP contribution in [0.15, 0.2) is 0 Å². The molecule has 6 heteroatoms. The Kier molecular flexibility index (Phi) is 9.80. The number of carboxylic acid groups (broad SMARTS) is 1. The van der Waals surface area contributed by atoms with Crippen molar-refractivity contribution in [1.82, 2.24) is 10.6 Å². The van der Waals surface area contributed by atoms with Gasteiger partial charge in [-0.05, 0) is 24.7 Å². The zero-order valence-corrected chi connectivity index (χ0v) is 12.9. The zero-order chi connectivity index (χ0) is 15.5. The van der Waals surface area contributed by atoms with E-state index in [1.807, 2.05) is 13.8 Å². The predicted octanol–water partition coefficient (Wildman–Crippen LogP) is 1.85. The molecule has 1 atom stereocenters. The summed E-state index contributed by atoms with van der Waals surface area (Å²) >= 11 is 0. The van der Waals surface area contributed by atoms with Crippen LogP contribution in [-0.4, -0.2) is 42.9 Å². The Morgan fingerprint density at radius 1 is 1.15 bits per heavy atom. The summed E-state index contributed by atoms with van der Waals surface area (Å²) in [6.07, 6.45) is 1.13. The van der Waals surface area contributed by atoms with Gasteiger partial charge in [0.15, 0.2) is 0 Å². The smallest absolute Gasteiger partial charge is 0.326 e. The van der Waals surface area contributed by atoms with E-state index in [1.165, 1.54) is 0 Å². The molecule has 0 radical (unpaired) electrons. The molecule has 3 N–H and O–H groups in total. The average molecular weight is 288 g/mol. The van der Waals surface area contributed by atoms with Crippen molar-refractivity contribution in [2.75, 3.05) is 19.8 Å². The van der Waals surface area contributed by atoms with Gasteiger partial charge in [0.25, 0.3) is 0 Å². The summed E-state index contributed by atoms with van der Waals surface area (Å²) in [5, 5.41) is 14.1. The van der Waals surface area contributed by atoms with Gasteiger partial charge in [0, 0.05) is 19.8 Å². The Hall–Kier alpha value is -1.30. The van der Waals surface area contributed by atoms with E-state index in [-0.39, 0.29) is 5.92 Å². The monoisotopic (exact) mass is 288 g/mol. The number of urea groups is 1. The average Bonchev–Trinajstić information content (AvgIpc) is 2.31. The van der Waals surface area contributed by atoms with Crippen molar-refractivity contribution in [3.05, 3.63) is 0 Å². The highest BCUT2D eigenvalue weighted by Crippen LogP contribution is 2.04. The Morgan fingerprint density at radius 2 is 1.80 bits per heavy atom.